The van der Waals surface area contributed by atoms with Crippen LogP contribution < -0.4 is 0 Å². The molecule has 0 radical (unpaired) electrons. The third-order valence-electron chi connectivity index (χ3n) is 4.11. The third kappa shape index (κ3) is 13.2. The smallest absolute Gasteiger partial charge is 0.303 e. The fraction of sp³-hybridized carbons (Fsp3) is 0.889. The molecule has 0 spiro atoms. The predicted octanol–water partition coefficient (Wildman–Crippen LogP) is 3.45. The zero-order valence-corrected chi connectivity index (χ0v) is 14.5. The van der Waals surface area contributed by atoms with E-state index in [0.717, 1.165) is 57.8 Å². The molecule has 5 nitrogen and oxygen atoms in total. The Hall–Kier alpha value is -0.940. The molecular weight excluding hydrogens is 296 g/mol. The van der Waals surface area contributed by atoms with E-state index < -0.39 is 18.2 Å². The van der Waals surface area contributed by atoms with Gasteiger partial charge in [-0.2, -0.15) is 0 Å². The second kappa shape index (κ2) is 14.6. The highest BCUT2D eigenvalue weighted by Gasteiger charge is 2.22. The molecule has 2 atom stereocenters. The molecule has 0 aromatic heterocycles. The van der Waals surface area contributed by atoms with Crippen LogP contribution in [0.4, 0.5) is 0 Å². The summed E-state index contributed by atoms with van der Waals surface area (Å²) in [4.78, 5) is 22.1. The first-order chi connectivity index (χ1) is 11.0. The van der Waals surface area contributed by atoms with Crippen molar-refractivity contribution >= 4 is 11.8 Å². The molecule has 23 heavy (non-hydrogen) atoms. The minimum atomic E-state index is -1.24. The number of aliphatic hydroxyl groups excluding tert-OH is 2. The van der Waals surface area contributed by atoms with E-state index in [9.17, 15) is 19.8 Å². The fourth-order valence-electron chi connectivity index (χ4n) is 2.58. The van der Waals surface area contributed by atoms with Crippen LogP contribution in [0.2, 0.25) is 0 Å². The molecule has 0 saturated heterocycles. The van der Waals surface area contributed by atoms with Crippen molar-refractivity contribution in [2.24, 2.45) is 0 Å². The number of carbonyl (C=O) groups excluding carboxylic acids is 1. The Balaban J connectivity index is 3.58. The first-order valence-corrected chi connectivity index (χ1v) is 9.09. The van der Waals surface area contributed by atoms with Crippen molar-refractivity contribution in [1.29, 1.82) is 0 Å². The highest BCUT2D eigenvalue weighted by molar-refractivity contribution is 5.83. The largest absolute Gasteiger partial charge is 0.481 e. The number of carbonyl (C=O) groups is 2. The van der Waals surface area contributed by atoms with Crippen molar-refractivity contribution in [1.82, 2.24) is 0 Å². The van der Waals surface area contributed by atoms with Gasteiger partial charge in [0.2, 0.25) is 0 Å². The lowest BCUT2D eigenvalue weighted by Crippen LogP contribution is -2.33. The molecule has 136 valence electrons. The number of aliphatic hydroxyl groups is 2. The molecule has 0 aliphatic carbocycles. The van der Waals surface area contributed by atoms with E-state index in [1.807, 2.05) is 0 Å². The van der Waals surface area contributed by atoms with Crippen molar-refractivity contribution in [3.63, 3.8) is 0 Å². The van der Waals surface area contributed by atoms with E-state index in [2.05, 4.69) is 6.92 Å². The molecule has 0 aromatic carbocycles. The summed E-state index contributed by atoms with van der Waals surface area (Å²) in [5.41, 5.74) is 0. The second-order valence-electron chi connectivity index (χ2n) is 6.34. The number of aliphatic carboxylic acids is 1. The Kier molecular flexibility index (Phi) is 14.0. The molecule has 0 aliphatic heterocycles. The number of Topliss-reactive ketones (excluding diaryl/α,β-unsaturated/α-hetero) is 1. The number of carboxylic acids is 1. The fourth-order valence-corrected chi connectivity index (χ4v) is 2.58. The van der Waals surface area contributed by atoms with Crippen molar-refractivity contribution in [2.45, 2.75) is 103 Å². The van der Waals surface area contributed by atoms with Crippen molar-refractivity contribution in [3.05, 3.63) is 0 Å². The van der Waals surface area contributed by atoms with Gasteiger partial charge < -0.3 is 15.3 Å². The molecule has 0 heterocycles. The van der Waals surface area contributed by atoms with Gasteiger partial charge in [0.15, 0.2) is 5.78 Å². The SMILES string of the molecule is CCCCCCC(=O)[C@H](O)[C@@H](O)CCCCCCCCC(=O)O. The van der Waals surface area contributed by atoms with Gasteiger partial charge in [-0.3, -0.25) is 9.59 Å². The number of rotatable bonds is 16. The molecule has 0 saturated carbocycles. The van der Waals surface area contributed by atoms with Crippen molar-refractivity contribution < 1.29 is 24.9 Å². The Labute approximate surface area is 140 Å². The van der Waals surface area contributed by atoms with Crippen LogP contribution in [0.25, 0.3) is 0 Å². The third-order valence-corrected chi connectivity index (χ3v) is 4.11. The molecule has 0 aromatic rings. The Morgan fingerprint density at radius 1 is 0.783 bits per heavy atom. The number of hydrogen-bond donors (Lipinski definition) is 3. The van der Waals surface area contributed by atoms with Gasteiger partial charge in [-0.25, -0.2) is 0 Å². The summed E-state index contributed by atoms with van der Waals surface area (Å²) >= 11 is 0. The lowest BCUT2D eigenvalue weighted by atomic mass is 9.99. The molecule has 0 rings (SSSR count). The van der Waals surface area contributed by atoms with Crippen molar-refractivity contribution in [2.75, 3.05) is 0 Å². The van der Waals surface area contributed by atoms with Crippen LogP contribution in [-0.4, -0.2) is 39.3 Å². The summed E-state index contributed by atoms with van der Waals surface area (Å²) in [6.07, 6.45) is 8.11. The van der Waals surface area contributed by atoms with E-state index in [-0.39, 0.29) is 12.2 Å². The monoisotopic (exact) mass is 330 g/mol. The van der Waals surface area contributed by atoms with E-state index in [1.165, 1.54) is 0 Å². The van der Waals surface area contributed by atoms with Gasteiger partial charge in [-0.1, -0.05) is 58.3 Å². The van der Waals surface area contributed by atoms with Gasteiger partial charge in [-0.15, -0.1) is 0 Å². The van der Waals surface area contributed by atoms with Gasteiger partial charge in [0.1, 0.15) is 6.10 Å². The van der Waals surface area contributed by atoms with Gasteiger partial charge in [-0.05, 0) is 19.3 Å². The molecule has 0 unspecified atom stereocenters. The summed E-state index contributed by atoms with van der Waals surface area (Å²) in [5, 5.41) is 28.2. The first-order valence-electron chi connectivity index (χ1n) is 9.09. The van der Waals surface area contributed by atoms with Crippen LogP contribution in [0.5, 0.6) is 0 Å². The average molecular weight is 330 g/mol. The Morgan fingerprint density at radius 3 is 1.91 bits per heavy atom. The highest BCUT2D eigenvalue weighted by Crippen LogP contribution is 2.13. The van der Waals surface area contributed by atoms with Crippen LogP contribution >= 0.6 is 0 Å². The average Bonchev–Trinajstić information content (AvgIpc) is 2.52. The molecule has 3 N–H and O–H groups in total. The zero-order valence-electron chi connectivity index (χ0n) is 14.5. The zero-order chi connectivity index (χ0) is 17.5. The molecular formula is C18H34O5. The standard InChI is InChI=1S/C18H34O5/c1-2-3-4-9-12-15(19)18(23)16(20)13-10-7-5-6-8-11-14-17(21)22/h16,18,20,23H,2-14H2,1H3,(H,21,22)/t16-,18-/m0/s1. The lowest BCUT2D eigenvalue weighted by Gasteiger charge is -2.16. The topological polar surface area (TPSA) is 94.8 Å². The maximum atomic E-state index is 11.8. The van der Waals surface area contributed by atoms with Crippen LogP contribution in [-0.2, 0) is 9.59 Å². The van der Waals surface area contributed by atoms with Crippen LogP contribution in [0, 0.1) is 0 Å². The predicted molar refractivity (Wildman–Crippen MR) is 90.4 cm³/mol. The van der Waals surface area contributed by atoms with Gasteiger partial charge in [0.05, 0.1) is 6.10 Å². The van der Waals surface area contributed by atoms with Crippen molar-refractivity contribution in [3.8, 4) is 0 Å². The minimum absolute atomic E-state index is 0.227. The molecule has 0 fully saturated rings. The summed E-state index contributed by atoms with van der Waals surface area (Å²) in [6, 6.07) is 0. The van der Waals surface area contributed by atoms with Crippen LogP contribution in [0.3, 0.4) is 0 Å². The van der Waals surface area contributed by atoms with E-state index in [0.29, 0.717) is 19.3 Å². The number of hydrogen-bond acceptors (Lipinski definition) is 4. The molecule has 0 bridgehead atoms. The minimum Gasteiger partial charge on any atom is -0.481 e. The number of unbranched alkanes of at least 4 members (excludes halogenated alkanes) is 8. The van der Waals surface area contributed by atoms with Gasteiger partial charge >= 0.3 is 5.97 Å². The Bertz CT molecular complexity index is 317. The first kappa shape index (κ1) is 22.1. The van der Waals surface area contributed by atoms with E-state index in [1.54, 1.807) is 0 Å². The normalized spacial score (nSPS) is 13.7. The number of carboxylic acid groups (broad SMARTS) is 1. The van der Waals surface area contributed by atoms with E-state index >= 15 is 0 Å². The second-order valence-corrected chi connectivity index (χ2v) is 6.34. The maximum absolute atomic E-state index is 11.8. The summed E-state index contributed by atoms with van der Waals surface area (Å²) < 4.78 is 0. The molecule has 0 aliphatic rings. The van der Waals surface area contributed by atoms with Crippen LogP contribution in [0.15, 0.2) is 0 Å². The summed E-state index contributed by atoms with van der Waals surface area (Å²) in [5.74, 6) is -0.997. The number of ketones is 1. The quantitative estimate of drug-likeness (QED) is 0.377. The Morgan fingerprint density at radius 2 is 1.30 bits per heavy atom. The van der Waals surface area contributed by atoms with Gasteiger partial charge in [0.25, 0.3) is 0 Å². The summed E-state index contributed by atoms with van der Waals surface area (Å²) in [6.45, 7) is 2.10. The molecule has 5 heteroatoms. The van der Waals surface area contributed by atoms with Gasteiger partial charge in [0, 0.05) is 12.8 Å². The van der Waals surface area contributed by atoms with E-state index in [4.69, 9.17) is 5.11 Å². The highest BCUT2D eigenvalue weighted by atomic mass is 16.4. The maximum Gasteiger partial charge on any atom is 0.303 e. The lowest BCUT2D eigenvalue weighted by molar-refractivity contribution is -0.137. The van der Waals surface area contributed by atoms with Crippen LogP contribution in [0.1, 0.15) is 90.4 Å². The molecule has 0 amide bonds. The summed E-state index contributed by atoms with van der Waals surface area (Å²) in [7, 11) is 0.